The molecule has 1 fully saturated rings. The van der Waals surface area contributed by atoms with Gasteiger partial charge in [-0.25, -0.2) is 0 Å². The van der Waals surface area contributed by atoms with Crippen LogP contribution in [0.2, 0.25) is 0 Å². The average molecular weight is 425 g/mol. The quantitative estimate of drug-likeness (QED) is 0.645. The molecule has 31 heavy (non-hydrogen) atoms. The first kappa shape index (κ1) is 22.7. The van der Waals surface area contributed by atoms with Crippen molar-refractivity contribution < 1.29 is 14.3 Å². The Morgan fingerprint density at radius 1 is 1.16 bits per heavy atom. The second-order valence-electron chi connectivity index (χ2n) is 8.50. The highest BCUT2D eigenvalue weighted by molar-refractivity contribution is 5.97. The van der Waals surface area contributed by atoms with Crippen LogP contribution in [-0.4, -0.2) is 46.9 Å². The van der Waals surface area contributed by atoms with E-state index in [9.17, 15) is 9.59 Å². The summed E-state index contributed by atoms with van der Waals surface area (Å²) in [7, 11) is 0. The summed E-state index contributed by atoms with van der Waals surface area (Å²) in [5, 5.41) is 2.72. The van der Waals surface area contributed by atoms with Gasteiger partial charge >= 0.3 is 0 Å². The van der Waals surface area contributed by atoms with Crippen molar-refractivity contribution in [3.05, 3.63) is 59.9 Å². The third-order valence-electron chi connectivity index (χ3n) is 5.42. The minimum Gasteiger partial charge on any atom is -0.490 e. The summed E-state index contributed by atoms with van der Waals surface area (Å²) in [6, 6.07) is 12.4. The predicted octanol–water partition coefficient (Wildman–Crippen LogP) is 2.75. The molecule has 7 nitrogen and oxygen atoms in total. The molecular formula is C24H32N4O3. The number of carbonyl (C=O) groups excluding carboxylic acids is 2. The maximum atomic E-state index is 12.5. The van der Waals surface area contributed by atoms with Crippen LogP contribution in [0, 0.1) is 5.92 Å². The number of nitrogens with one attached hydrogen (secondary N) is 1. The molecule has 0 aliphatic carbocycles. The van der Waals surface area contributed by atoms with Crippen LogP contribution in [0.25, 0.3) is 0 Å². The van der Waals surface area contributed by atoms with E-state index in [-0.39, 0.29) is 17.9 Å². The fourth-order valence-electron chi connectivity index (χ4n) is 3.74. The third kappa shape index (κ3) is 7.07. The lowest BCUT2D eigenvalue weighted by Crippen LogP contribution is -2.45. The van der Waals surface area contributed by atoms with E-state index >= 15 is 0 Å². The molecule has 1 saturated heterocycles. The summed E-state index contributed by atoms with van der Waals surface area (Å²) in [5.74, 6) is 0.174. The van der Waals surface area contributed by atoms with Crippen molar-refractivity contribution in [1.82, 2.24) is 15.2 Å². The SMILES string of the molecule is CC(C)C[C@H](NC(=O)c1ccc(OC2CCN(Cc3ccccn3)CC2)cc1)C(N)=O. The van der Waals surface area contributed by atoms with Crippen molar-refractivity contribution >= 4 is 11.8 Å². The number of piperidine rings is 1. The lowest BCUT2D eigenvalue weighted by atomic mass is 10.0. The maximum Gasteiger partial charge on any atom is 0.251 e. The van der Waals surface area contributed by atoms with E-state index in [2.05, 4.69) is 21.3 Å². The Kier molecular flexibility index (Phi) is 8.00. The molecule has 2 amide bonds. The molecule has 1 atom stereocenters. The van der Waals surface area contributed by atoms with E-state index in [4.69, 9.17) is 10.5 Å². The van der Waals surface area contributed by atoms with Crippen LogP contribution in [0.15, 0.2) is 48.7 Å². The molecule has 2 heterocycles. The molecule has 1 aliphatic heterocycles. The number of hydrogen-bond acceptors (Lipinski definition) is 5. The van der Waals surface area contributed by atoms with E-state index in [1.165, 1.54) is 0 Å². The Hall–Kier alpha value is -2.93. The lowest BCUT2D eigenvalue weighted by Gasteiger charge is -2.31. The number of nitrogens with two attached hydrogens (primary N) is 1. The first-order chi connectivity index (χ1) is 14.9. The first-order valence-corrected chi connectivity index (χ1v) is 10.9. The van der Waals surface area contributed by atoms with Gasteiger partial charge in [-0.05, 0) is 61.6 Å². The van der Waals surface area contributed by atoms with Crippen LogP contribution < -0.4 is 15.8 Å². The minimum absolute atomic E-state index is 0.157. The van der Waals surface area contributed by atoms with Crippen LogP contribution in [-0.2, 0) is 11.3 Å². The normalized spacial score (nSPS) is 16.1. The number of pyridine rings is 1. The zero-order valence-electron chi connectivity index (χ0n) is 18.3. The van der Waals surface area contributed by atoms with Gasteiger partial charge in [-0.15, -0.1) is 0 Å². The molecule has 1 aromatic carbocycles. The van der Waals surface area contributed by atoms with Gasteiger partial charge in [0.05, 0.1) is 5.69 Å². The molecular weight excluding hydrogens is 392 g/mol. The molecule has 166 valence electrons. The molecule has 3 rings (SSSR count). The number of carbonyl (C=O) groups is 2. The van der Waals surface area contributed by atoms with Crippen molar-refractivity contribution in [1.29, 1.82) is 0 Å². The Balaban J connectivity index is 1.47. The Morgan fingerprint density at radius 3 is 2.45 bits per heavy atom. The molecule has 0 bridgehead atoms. The van der Waals surface area contributed by atoms with Crippen molar-refractivity contribution in [3.8, 4) is 5.75 Å². The maximum absolute atomic E-state index is 12.5. The molecule has 0 saturated carbocycles. The van der Waals surface area contributed by atoms with Crippen LogP contribution in [0.4, 0.5) is 0 Å². The fraction of sp³-hybridized carbons (Fsp3) is 0.458. The van der Waals surface area contributed by atoms with Gasteiger partial charge in [-0.3, -0.25) is 19.5 Å². The van der Waals surface area contributed by atoms with E-state index in [0.29, 0.717) is 12.0 Å². The molecule has 7 heteroatoms. The van der Waals surface area contributed by atoms with Gasteiger partial charge in [0, 0.05) is 31.4 Å². The number of hydrogen-bond donors (Lipinski definition) is 2. The van der Waals surface area contributed by atoms with Crippen LogP contribution in [0.3, 0.4) is 0 Å². The number of nitrogens with zero attached hydrogens (tertiary/aromatic N) is 2. The molecule has 1 aliphatic rings. The number of primary amides is 1. The number of benzene rings is 1. The smallest absolute Gasteiger partial charge is 0.251 e. The standard InChI is InChI=1S/C24H32N4O3/c1-17(2)15-22(23(25)29)27-24(30)18-6-8-20(9-7-18)31-21-10-13-28(14-11-21)16-19-5-3-4-12-26-19/h3-9,12,17,21-22H,10-11,13-16H2,1-2H3,(H2,25,29)(H,27,30)/t22-/m0/s1. The number of aromatic nitrogens is 1. The van der Waals surface area contributed by atoms with Crippen molar-refractivity contribution in [2.45, 2.75) is 51.8 Å². The summed E-state index contributed by atoms with van der Waals surface area (Å²) < 4.78 is 6.11. The Bertz CT molecular complexity index is 847. The first-order valence-electron chi connectivity index (χ1n) is 10.9. The largest absolute Gasteiger partial charge is 0.490 e. The second-order valence-corrected chi connectivity index (χ2v) is 8.50. The summed E-state index contributed by atoms with van der Waals surface area (Å²) in [4.78, 5) is 30.8. The molecule has 0 unspecified atom stereocenters. The number of likely N-dealkylation sites (tertiary alicyclic amines) is 1. The number of rotatable bonds is 9. The summed E-state index contributed by atoms with van der Waals surface area (Å²) in [6.07, 6.45) is 4.40. The molecule has 0 radical (unpaired) electrons. The van der Waals surface area contributed by atoms with E-state index in [1.54, 1.807) is 24.3 Å². The predicted molar refractivity (Wildman–Crippen MR) is 120 cm³/mol. The van der Waals surface area contributed by atoms with Gasteiger partial charge < -0.3 is 15.8 Å². The fourth-order valence-corrected chi connectivity index (χ4v) is 3.74. The van der Waals surface area contributed by atoms with Gasteiger partial charge in [0.2, 0.25) is 5.91 Å². The summed E-state index contributed by atoms with van der Waals surface area (Å²) in [6.45, 7) is 6.76. The van der Waals surface area contributed by atoms with Gasteiger partial charge in [0.25, 0.3) is 5.91 Å². The molecule has 1 aromatic heterocycles. The minimum atomic E-state index is -0.667. The highest BCUT2D eigenvalue weighted by Crippen LogP contribution is 2.20. The van der Waals surface area contributed by atoms with Crippen LogP contribution >= 0.6 is 0 Å². The third-order valence-corrected chi connectivity index (χ3v) is 5.42. The zero-order valence-corrected chi connectivity index (χ0v) is 18.3. The van der Waals surface area contributed by atoms with Crippen molar-refractivity contribution in [3.63, 3.8) is 0 Å². The lowest BCUT2D eigenvalue weighted by molar-refractivity contribution is -0.120. The second kappa shape index (κ2) is 10.9. The monoisotopic (exact) mass is 424 g/mol. The average Bonchev–Trinajstić information content (AvgIpc) is 2.75. The summed E-state index contributed by atoms with van der Waals surface area (Å²) in [5.41, 5.74) is 6.98. The molecule has 0 spiro atoms. The van der Waals surface area contributed by atoms with Crippen LogP contribution in [0.5, 0.6) is 5.75 Å². The van der Waals surface area contributed by atoms with E-state index < -0.39 is 11.9 Å². The van der Waals surface area contributed by atoms with Crippen LogP contribution in [0.1, 0.15) is 49.2 Å². The van der Waals surface area contributed by atoms with Crippen molar-refractivity contribution in [2.75, 3.05) is 13.1 Å². The number of ether oxygens (including phenoxy) is 1. The summed E-state index contributed by atoms with van der Waals surface area (Å²) >= 11 is 0. The Morgan fingerprint density at radius 2 is 1.87 bits per heavy atom. The highest BCUT2D eigenvalue weighted by Gasteiger charge is 2.22. The van der Waals surface area contributed by atoms with Gasteiger partial charge in [0.1, 0.15) is 17.9 Å². The molecule has 3 N–H and O–H groups in total. The Labute approximate surface area is 184 Å². The van der Waals surface area contributed by atoms with Crippen molar-refractivity contribution in [2.24, 2.45) is 11.7 Å². The number of amides is 2. The van der Waals surface area contributed by atoms with Gasteiger partial charge in [0.15, 0.2) is 0 Å². The zero-order chi connectivity index (χ0) is 22.2. The molecule has 2 aromatic rings. The van der Waals surface area contributed by atoms with E-state index in [0.717, 1.165) is 43.9 Å². The van der Waals surface area contributed by atoms with E-state index in [1.807, 2.05) is 32.2 Å². The van der Waals surface area contributed by atoms with Gasteiger partial charge in [-0.2, -0.15) is 0 Å². The van der Waals surface area contributed by atoms with Gasteiger partial charge in [-0.1, -0.05) is 19.9 Å². The highest BCUT2D eigenvalue weighted by atomic mass is 16.5. The topological polar surface area (TPSA) is 97.6 Å².